The van der Waals surface area contributed by atoms with Gasteiger partial charge in [0.1, 0.15) is 0 Å². The van der Waals surface area contributed by atoms with Gasteiger partial charge in [-0.2, -0.15) is 11.8 Å². The molecule has 22 heavy (non-hydrogen) atoms. The van der Waals surface area contributed by atoms with Crippen molar-refractivity contribution in [3.63, 3.8) is 0 Å². The number of hydrogen-bond donors (Lipinski definition) is 4. The van der Waals surface area contributed by atoms with Crippen molar-refractivity contribution in [2.45, 2.75) is 69.2 Å². The number of rotatable bonds is 10. The number of unbranched alkanes of at least 4 members (excludes halogenated alkanes) is 3. The van der Waals surface area contributed by atoms with Crippen molar-refractivity contribution in [1.29, 1.82) is 0 Å². The van der Waals surface area contributed by atoms with Gasteiger partial charge in [-0.3, -0.25) is 10.2 Å². The lowest BCUT2D eigenvalue weighted by Crippen LogP contribution is -2.38. The van der Waals surface area contributed by atoms with E-state index in [1.807, 2.05) is 11.8 Å². The van der Waals surface area contributed by atoms with Crippen LogP contribution in [0.1, 0.15) is 51.9 Å². The fourth-order valence-electron chi connectivity index (χ4n) is 2.96. The molecule has 7 heteroatoms. The van der Waals surface area contributed by atoms with Crippen molar-refractivity contribution in [3.8, 4) is 0 Å². The van der Waals surface area contributed by atoms with Crippen molar-refractivity contribution in [3.05, 3.63) is 0 Å². The van der Waals surface area contributed by atoms with Crippen LogP contribution in [0.2, 0.25) is 0 Å². The van der Waals surface area contributed by atoms with Crippen LogP contribution >= 0.6 is 11.8 Å². The van der Waals surface area contributed by atoms with Gasteiger partial charge in [0.15, 0.2) is 0 Å². The van der Waals surface area contributed by atoms with E-state index in [-0.39, 0.29) is 24.0 Å². The summed E-state index contributed by atoms with van der Waals surface area (Å²) in [6, 6.07) is 0.526. The quantitative estimate of drug-likeness (QED) is 0.278. The van der Waals surface area contributed by atoms with E-state index in [0.717, 1.165) is 38.0 Å². The third-order valence-electron chi connectivity index (χ3n) is 4.21. The van der Waals surface area contributed by atoms with Crippen molar-refractivity contribution in [1.82, 2.24) is 21.5 Å². The zero-order valence-electron chi connectivity index (χ0n) is 13.3. The SMILES string of the molecule is CCCCCNNC(=O)CCCC[C@@H]1SC[C@@H]2NC(=O)N[C@@H]21. The molecule has 0 unspecified atom stereocenters. The predicted molar refractivity (Wildman–Crippen MR) is 89.6 cm³/mol. The van der Waals surface area contributed by atoms with E-state index >= 15 is 0 Å². The van der Waals surface area contributed by atoms with Crippen LogP contribution in [0.5, 0.6) is 0 Å². The molecule has 3 amide bonds. The summed E-state index contributed by atoms with van der Waals surface area (Å²) in [6.07, 6.45) is 7.03. The molecule has 2 rings (SSSR count). The summed E-state index contributed by atoms with van der Waals surface area (Å²) >= 11 is 1.93. The number of fused-ring (bicyclic) bond motifs is 1. The summed E-state index contributed by atoms with van der Waals surface area (Å²) in [5.74, 6) is 1.07. The molecule has 0 aromatic carbocycles. The maximum atomic E-state index is 11.7. The average molecular weight is 328 g/mol. The number of thioether (sulfide) groups is 1. The fourth-order valence-corrected chi connectivity index (χ4v) is 4.50. The Labute approximate surface area is 136 Å². The fraction of sp³-hybridized carbons (Fsp3) is 0.867. The van der Waals surface area contributed by atoms with Gasteiger partial charge in [0, 0.05) is 24.0 Å². The molecule has 0 bridgehead atoms. The van der Waals surface area contributed by atoms with E-state index in [9.17, 15) is 9.59 Å². The van der Waals surface area contributed by atoms with Crippen LogP contribution in [0.25, 0.3) is 0 Å². The second-order valence-electron chi connectivity index (χ2n) is 6.05. The van der Waals surface area contributed by atoms with Crippen LogP contribution in [0.15, 0.2) is 0 Å². The molecule has 3 atom stereocenters. The molecule has 2 heterocycles. The van der Waals surface area contributed by atoms with Gasteiger partial charge < -0.3 is 10.6 Å². The van der Waals surface area contributed by atoms with E-state index in [4.69, 9.17) is 0 Å². The van der Waals surface area contributed by atoms with Crippen LogP contribution < -0.4 is 21.5 Å². The normalized spacial score (nSPS) is 26.4. The number of nitrogens with one attached hydrogen (secondary N) is 4. The second-order valence-corrected chi connectivity index (χ2v) is 7.32. The van der Waals surface area contributed by atoms with E-state index in [0.29, 0.717) is 11.7 Å². The van der Waals surface area contributed by atoms with Crippen molar-refractivity contribution in [2.75, 3.05) is 12.3 Å². The molecule has 2 saturated heterocycles. The van der Waals surface area contributed by atoms with Gasteiger partial charge in [0.25, 0.3) is 0 Å². The molecule has 2 aliphatic rings. The lowest BCUT2D eigenvalue weighted by Gasteiger charge is -2.16. The average Bonchev–Trinajstić information content (AvgIpc) is 3.03. The van der Waals surface area contributed by atoms with Crippen molar-refractivity contribution >= 4 is 23.7 Å². The summed E-state index contributed by atoms with van der Waals surface area (Å²) in [5, 5.41) is 6.43. The lowest BCUT2D eigenvalue weighted by atomic mass is 10.0. The van der Waals surface area contributed by atoms with Crippen LogP contribution in [0.3, 0.4) is 0 Å². The van der Waals surface area contributed by atoms with Crippen molar-refractivity contribution < 1.29 is 9.59 Å². The van der Waals surface area contributed by atoms with Gasteiger partial charge in [0.05, 0.1) is 12.1 Å². The van der Waals surface area contributed by atoms with E-state index in [1.54, 1.807) is 0 Å². The Morgan fingerprint density at radius 1 is 1.27 bits per heavy atom. The molecule has 0 radical (unpaired) electrons. The van der Waals surface area contributed by atoms with E-state index < -0.39 is 0 Å². The zero-order valence-corrected chi connectivity index (χ0v) is 14.1. The molecule has 0 aliphatic carbocycles. The molecule has 0 aromatic heterocycles. The van der Waals surface area contributed by atoms with Gasteiger partial charge in [-0.1, -0.05) is 26.2 Å². The number of hydrogen-bond acceptors (Lipinski definition) is 4. The van der Waals surface area contributed by atoms with Crippen LogP contribution in [-0.2, 0) is 4.79 Å². The number of amides is 3. The Balaban J connectivity index is 1.49. The molecule has 0 saturated carbocycles. The highest BCUT2D eigenvalue weighted by atomic mass is 32.2. The molecule has 4 N–H and O–H groups in total. The third-order valence-corrected chi connectivity index (χ3v) is 5.72. The Bertz CT molecular complexity index is 381. The summed E-state index contributed by atoms with van der Waals surface area (Å²) in [4.78, 5) is 22.9. The molecule has 2 fully saturated rings. The van der Waals surface area contributed by atoms with E-state index in [2.05, 4.69) is 28.4 Å². The number of carbonyl (C=O) groups excluding carboxylic acids is 2. The standard InChI is InChI=1S/C15H28N4O2S/c1-2-3-6-9-16-19-13(20)8-5-4-7-12-14-11(10-22-12)17-15(21)18-14/h11-12,14,16H,2-10H2,1H3,(H,19,20)(H2,17,18,21)/t11-,12-,14-/m0/s1. The smallest absolute Gasteiger partial charge is 0.315 e. The first-order valence-corrected chi connectivity index (χ1v) is 9.46. The molecule has 0 aromatic rings. The molecule has 6 nitrogen and oxygen atoms in total. The highest BCUT2D eigenvalue weighted by molar-refractivity contribution is 8.00. The maximum Gasteiger partial charge on any atom is 0.315 e. The largest absolute Gasteiger partial charge is 0.332 e. The van der Waals surface area contributed by atoms with Gasteiger partial charge in [-0.25, -0.2) is 10.2 Å². The summed E-state index contributed by atoms with van der Waals surface area (Å²) in [7, 11) is 0. The molecular formula is C15H28N4O2S. The first-order valence-electron chi connectivity index (χ1n) is 8.41. The Kier molecular flexibility index (Phi) is 7.32. The Hall–Kier alpha value is -0.950. The van der Waals surface area contributed by atoms with Gasteiger partial charge in [0.2, 0.25) is 5.91 Å². The predicted octanol–water partition coefficient (Wildman–Crippen LogP) is 1.52. The first kappa shape index (κ1) is 17.4. The summed E-state index contributed by atoms with van der Waals surface area (Å²) in [6.45, 7) is 3.00. The Morgan fingerprint density at radius 2 is 2.14 bits per heavy atom. The topological polar surface area (TPSA) is 82.3 Å². The summed E-state index contributed by atoms with van der Waals surface area (Å²) in [5.41, 5.74) is 5.73. The van der Waals surface area contributed by atoms with Gasteiger partial charge in [-0.05, 0) is 19.3 Å². The molecule has 126 valence electrons. The highest BCUT2D eigenvalue weighted by Gasteiger charge is 2.42. The van der Waals surface area contributed by atoms with Gasteiger partial charge in [-0.15, -0.1) is 0 Å². The molecule has 0 spiro atoms. The first-order chi connectivity index (χ1) is 10.7. The van der Waals surface area contributed by atoms with E-state index in [1.165, 1.54) is 12.8 Å². The van der Waals surface area contributed by atoms with Crippen molar-refractivity contribution in [2.24, 2.45) is 0 Å². The minimum atomic E-state index is -0.0335. The third kappa shape index (κ3) is 5.35. The monoisotopic (exact) mass is 328 g/mol. The maximum absolute atomic E-state index is 11.7. The van der Waals surface area contributed by atoms with Gasteiger partial charge >= 0.3 is 6.03 Å². The van der Waals surface area contributed by atoms with Crippen LogP contribution in [0.4, 0.5) is 4.79 Å². The Morgan fingerprint density at radius 3 is 2.95 bits per heavy atom. The number of carbonyl (C=O) groups is 2. The second kappa shape index (κ2) is 9.25. The van der Waals surface area contributed by atoms with Crippen LogP contribution in [0, 0.1) is 0 Å². The molecule has 2 aliphatic heterocycles. The minimum absolute atomic E-state index is 0.0335. The van der Waals surface area contributed by atoms with Crippen LogP contribution in [-0.4, -0.2) is 41.6 Å². The highest BCUT2D eigenvalue weighted by Crippen LogP contribution is 2.33. The number of urea groups is 1. The number of hydrazine groups is 1. The zero-order chi connectivity index (χ0) is 15.8. The summed E-state index contributed by atoms with van der Waals surface area (Å²) < 4.78 is 0. The lowest BCUT2D eigenvalue weighted by molar-refractivity contribution is -0.122. The minimum Gasteiger partial charge on any atom is -0.332 e. The molecular weight excluding hydrogens is 300 g/mol.